The predicted octanol–water partition coefficient (Wildman–Crippen LogP) is 3.56. The van der Waals surface area contributed by atoms with Crippen molar-refractivity contribution in [3.05, 3.63) is 0 Å². The van der Waals surface area contributed by atoms with Gasteiger partial charge in [-0.3, -0.25) is 0 Å². The van der Waals surface area contributed by atoms with Gasteiger partial charge in [0.25, 0.3) is 0 Å². The van der Waals surface area contributed by atoms with Crippen molar-refractivity contribution >= 4 is 0 Å². The minimum atomic E-state index is -0.935. The van der Waals surface area contributed by atoms with Crippen LogP contribution < -0.4 is 0 Å². The molecular formula is C9H19F. The van der Waals surface area contributed by atoms with Crippen molar-refractivity contribution in [2.45, 2.75) is 52.6 Å². The number of alkyl halides is 1. The molecule has 0 bridgehead atoms. The number of halogens is 1. The van der Waals surface area contributed by atoms with Gasteiger partial charge in [-0.25, -0.2) is 4.39 Å². The molecule has 0 radical (unpaired) electrons. The highest BCUT2D eigenvalue weighted by molar-refractivity contribution is 4.73. The van der Waals surface area contributed by atoms with Crippen molar-refractivity contribution in [1.29, 1.82) is 0 Å². The maximum Gasteiger partial charge on any atom is 0.108 e. The van der Waals surface area contributed by atoms with Crippen LogP contribution in [0.2, 0.25) is 0 Å². The van der Waals surface area contributed by atoms with Crippen molar-refractivity contribution in [2.24, 2.45) is 5.92 Å². The van der Waals surface area contributed by atoms with E-state index in [0.29, 0.717) is 18.8 Å². The van der Waals surface area contributed by atoms with Crippen molar-refractivity contribution in [3.63, 3.8) is 0 Å². The minimum absolute atomic E-state index is 0.523. The van der Waals surface area contributed by atoms with E-state index in [1.165, 1.54) is 0 Å². The summed E-state index contributed by atoms with van der Waals surface area (Å²) in [5.41, 5.74) is -0.935. The molecule has 0 aromatic rings. The molecule has 1 heteroatoms. The second kappa shape index (κ2) is 3.95. The Labute approximate surface area is 63.8 Å². The van der Waals surface area contributed by atoms with E-state index in [2.05, 4.69) is 13.8 Å². The minimum Gasteiger partial charge on any atom is -0.244 e. The molecule has 0 aromatic carbocycles. The van der Waals surface area contributed by atoms with E-state index in [-0.39, 0.29) is 0 Å². The second-order valence-electron chi connectivity index (χ2n) is 3.48. The van der Waals surface area contributed by atoms with Gasteiger partial charge in [0.15, 0.2) is 0 Å². The van der Waals surface area contributed by atoms with Gasteiger partial charge in [-0.05, 0) is 25.7 Å². The molecule has 62 valence electrons. The largest absolute Gasteiger partial charge is 0.244 e. The van der Waals surface area contributed by atoms with Crippen molar-refractivity contribution < 1.29 is 4.39 Å². The quantitative estimate of drug-likeness (QED) is 0.569. The van der Waals surface area contributed by atoms with E-state index >= 15 is 0 Å². The highest BCUT2D eigenvalue weighted by Crippen LogP contribution is 2.25. The van der Waals surface area contributed by atoms with E-state index in [1.807, 2.05) is 6.92 Å². The van der Waals surface area contributed by atoms with Gasteiger partial charge in [-0.2, -0.15) is 0 Å². The molecule has 0 fully saturated rings. The number of hydrogen-bond acceptors (Lipinski definition) is 0. The van der Waals surface area contributed by atoms with Crippen LogP contribution in [0.3, 0.4) is 0 Å². The molecule has 0 rings (SSSR count). The summed E-state index contributed by atoms with van der Waals surface area (Å²) in [6.45, 7) is 7.81. The molecule has 0 aromatic heterocycles. The molecule has 0 amide bonds. The summed E-state index contributed by atoms with van der Waals surface area (Å²) < 4.78 is 13.3. The normalized spacial score (nSPS) is 20.1. The van der Waals surface area contributed by atoms with Gasteiger partial charge in [-0.15, -0.1) is 0 Å². The summed E-state index contributed by atoms with van der Waals surface area (Å²) >= 11 is 0. The molecule has 0 heterocycles. The molecule has 2 atom stereocenters. The highest BCUT2D eigenvalue weighted by atomic mass is 19.1. The molecule has 0 nitrogen and oxygen atoms in total. The lowest BCUT2D eigenvalue weighted by atomic mass is 9.91. The fraction of sp³-hybridized carbons (Fsp3) is 1.00. The van der Waals surface area contributed by atoms with E-state index in [9.17, 15) is 4.39 Å². The lowest BCUT2D eigenvalue weighted by Crippen LogP contribution is -2.19. The lowest BCUT2D eigenvalue weighted by molar-refractivity contribution is 0.143. The van der Waals surface area contributed by atoms with Gasteiger partial charge < -0.3 is 0 Å². The third kappa shape index (κ3) is 3.86. The monoisotopic (exact) mass is 146 g/mol. The lowest BCUT2D eigenvalue weighted by Gasteiger charge is -2.21. The van der Waals surface area contributed by atoms with Gasteiger partial charge in [0.05, 0.1) is 0 Å². The van der Waals surface area contributed by atoms with Crippen molar-refractivity contribution in [1.82, 2.24) is 0 Å². The van der Waals surface area contributed by atoms with E-state index < -0.39 is 5.67 Å². The maximum atomic E-state index is 13.3. The van der Waals surface area contributed by atoms with Crippen LogP contribution >= 0.6 is 0 Å². The van der Waals surface area contributed by atoms with Crippen LogP contribution in [-0.2, 0) is 0 Å². The third-order valence-electron chi connectivity index (χ3n) is 2.21. The Morgan fingerprint density at radius 2 is 1.90 bits per heavy atom. The van der Waals surface area contributed by atoms with Crippen molar-refractivity contribution in [2.75, 3.05) is 0 Å². The van der Waals surface area contributed by atoms with Gasteiger partial charge >= 0.3 is 0 Å². The average molecular weight is 146 g/mol. The Balaban J connectivity index is 3.64. The van der Waals surface area contributed by atoms with E-state index in [0.717, 1.165) is 6.42 Å². The number of hydrogen-bond donors (Lipinski definition) is 0. The zero-order valence-corrected chi connectivity index (χ0v) is 7.58. The van der Waals surface area contributed by atoms with Gasteiger partial charge in [0, 0.05) is 0 Å². The summed E-state index contributed by atoms with van der Waals surface area (Å²) in [7, 11) is 0. The maximum absolute atomic E-state index is 13.3. The van der Waals surface area contributed by atoms with Crippen LogP contribution in [0, 0.1) is 5.92 Å². The molecule has 0 unspecified atom stereocenters. The van der Waals surface area contributed by atoms with Crippen LogP contribution in [0.15, 0.2) is 0 Å². The molecule has 0 aliphatic rings. The van der Waals surface area contributed by atoms with Crippen molar-refractivity contribution in [3.8, 4) is 0 Å². The summed E-state index contributed by atoms with van der Waals surface area (Å²) in [5, 5.41) is 0. The van der Waals surface area contributed by atoms with E-state index in [4.69, 9.17) is 0 Å². The van der Waals surface area contributed by atoms with E-state index in [1.54, 1.807) is 6.92 Å². The summed E-state index contributed by atoms with van der Waals surface area (Å²) in [6.07, 6.45) is 2.43. The van der Waals surface area contributed by atoms with Crippen LogP contribution in [0.25, 0.3) is 0 Å². The first kappa shape index (κ1) is 9.93. The van der Waals surface area contributed by atoms with Crippen LogP contribution in [0.5, 0.6) is 0 Å². The highest BCUT2D eigenvalue weighted by Gasteiger charge is 2.22. The average Bonchev–Trinajstić information content (AvgIpc) is 1.87. The third-order valence-corrected chi connectivity index (χ3v) is 2.21. The smallest absolute Gasteiger partial charge is 0.108 e. The fourth-order valence-corrected chi connectivity index (χ4v) is 1.02. The molecule has 0 aliphatic heterocycles. The molecule has 0 aliphatic carbocycles. The molecule has 0 N–H and O–H groups in total. The Kier molecular flexibility index (Phi) is 3.92. The first-order chi connectivity index (χ1) is 4.52. The van der Waals surface area contributed by atoms with Crippen LogP contribution in [0.1, 0.15) is 47.0 Å². The Bertz CT molecular complexity index is 86.7. The first-order valence-corrected chi connectivity index (χ1v) is 4.20. The summed E-state index contributed by atoms with van der Waals surface area (Å²) in [5.74, 6) is 0.523. The Morgan fingerprint density at radius 3 is 2.20 bits per heavy atom. The van der Waals surface area contributed by atoms with Gasteiger partial charge in [-0.1, -0.05) is 27.2 Å². The first-order valence-electron chi connectivity index (χ1n) is 4.20. The van der Waals surface area contributed by atoms with Crippen LogP contribution in [0.4, 0.5) is 4.39 Å². The second-order valence-corrected chi connectivity index (χ2v) is 3.48. The molecule has 10 heavy (non-hydrogen) atoms. The zero-order valence-electron chi connectivity index (χ0n) is 7.58. The molecule has 0 spiro atoms. The molecular weight excluding hydrogens is 127 g/mol. The standard InChI is InChI=1S/C9H19F/c1-5-8(3)7-9(4,10)6-2/h8H,5-7H2,1-4H3/t8-,9+/m1/s1. The molecule has 0 saturated heterocycles. The van der Waals surface area contributed by atoms with Gasteiger partial charge in [0.2, 0.25) is 0 Å². The zero-order chi connectivity index (χ0) is 8.20. The Morgan fingerprint density at radius 1 is 1.40 bits per heavy atom. The predicted molar refractivity (Wildman–Crippen MR) is 43.9 cm³/mol. The van der Waals surface area contributed by atoms with Crippen LogP contribution in [-0.4, -0.2) is 5.67 Å². The topological polar surface area (TPSA) is 0 Å². The summed E-state index contributed by atoms with van der Waals surface area (Å²) in [4.78, 5) is 0. The molecule has 0 saturated carbocycles. The summed E-state index contributed by atoms with van der Waals surface area (Å²) in [6, 6.07) is 0. The Hall–Kier alpha value is -0.0700. The SMILES string of the molecule is CC[C@@H](C)C[C@@](C)(F)CC. The fourth-order valence-electron chi connectivity index (χ4n) is 1.02. The van der Waals surface area contributed by atoms with Gasteiger partial charge in [0.1, 0.15) is 5.67 Å². The number of rotatable bonds is 4.